The lowest BCUT2D eigenvalue weighted by molar-refractivity contribution is 0.437. The highest BCUT2D eigenvalue weighted by molar-refractivity contribution is 9.10. The summed E-state index contributed by atoms with van der Waals surface area (Å²) in [5.74, 6) is 1.48. The Labute approximate surface area is 194 Å². The summed E-state index contributed by atoms with van der Waals surface area (Å²) in [5, 5.41) is 2.19. The molecule has 0 aromatic heterocycles. The zero-order chi connectivity index (χ0) is 22.0. The Kier molecular flexibility index (Phi) is 4.58. The number of fused-ring (bicyclic) bond motifs is 3. The molecule has 3 heterocycles. The van der Waals surface area contributed by atoms with E-state index < -0.39 is 10.1 Å². The van der Waals surface area contributed by atoms with Crippen molar-refractivity contribution in [3.05, 3.63) is 85.8 Å². The SMILES string of the molecule is O=S(=O)(O)c1ccccc1C1=c2cc3c4c(c2Oc2cc(Br)ccc21)CCC[N+]=4CCC3. The Bertz CT molecular complexity index is 1540. The fourth-order valence-corrected chi connectivity index (χ4v) is 6.40. The summed E-state index contributed by atoms with van der Waals surface area (Å²) in [6.45, 7) is 2.12. The lowest BCUT2D eigenvalue weighted by Gasteiger charge is -2.26. The number of ether oxygens (including phenoxy) is 1. The van der Waals surface area contributed by atoms with Gasteiger partial charge in [0, 0.05) is 44.8 Å². The highest BCUT2D eigenvalue weighted by Crippen LogP contribution is 2.40. The van der Waals surface area contributed by atoms with Gasteiger partial charge in [-0.15, -0.1) is 0 Å². The molecule has 32 heavy (non-hydrogen) atoms. The van der Waals surface area contributed by atoms with Gasteiger partial charge in [0.25, 0.3) is 10.1 Å². The molecule has 0 unspecified atom stereocenters. The molecule has 3 aromatic rings. The predicted molar refractivity (Wildman–Crippen MR) is 125 cm³/mol. The molecule has 0 atom stereocenters. The Morgan fingerprint density at radius 2 is 1.75 bits per heavy atom. The van der Waals surface area contributed by atoms with Crippen LogP contribution in [0.4, 0.5) is 0 Å². The third-order valence-electron chi connectivity index (χ3n) is 6.60. The summed E-state index contributed by atoms with van der Waals surface area (Å²) in [6.07, 6.45) is 4.09. The second-order valence-electron chi connectivity index (χ2n) is 8.52. The van der Waals surface area contributed by atoms with Crippen molar-refractivity contribution >= 4 is 31.6 Å². The van der Waals surface area contributed by atoms with Gasteiger partial charge < -0.3 is 4.74 Å². The third kappa shape index (κ3) is 3.06. The van der Waals surface area contributed by atoms with E-state index in [1.807, 2.05) is 18.2 Å². The summed E-state index contributed by atoms with van der Waals surface area (Å²) in [5.41, 5.74) is 4.57. The molecule has 0 amide bonds. The topological polar surface area (TPSA) is 66.6 Å². The molecule has 3 aliphatic rings. The third-order valence-corrected chi connectivity index (χ3v) is 8.01. The lowest BCUT2D eigenvalue weighted by Crippen LogP contribution is -2.45. The van der Waals surface area contributed by atoms with Crippen LogP contribution < -0.4 is 19.9 Å². The van der Waals surface area contributed by atoms with E-state index in [4.69, 9.17) is 4.74 Å². The van der Waals surface area contributed by atoms with Crippen molar-refractivity contribution in [2.24, 2.45) is 0 Å². The molecule has 1 N–H and O–H groups in total. The first-order valence-corrected chi connectivity index (χ1v) is 13.0. The smallest absolute Gasteiger partial charge is 0.295 e. The number of hydrogen-bond donors (Lipinski definition) is 1. The van der Waals surface area contributed by atoms with Gasteiger partial charge in [0.2, 0.25) is 5.36 Å². The highest BCUT2D eigenvalue weighted by Gasteiger charge is 2.32. The van der Waals surface area contributed by atoms with E-state index in [9.17, 15) is 13.0 Å². The summed E-state index contributed by atoms with van der Waals surface area (Å²) in [6, 6.07) is 14.6. The first-order chi connectivity index (χ1) is 15.4. The van der Waals surface area contributed by atoms with E-state index in [0.29, 0.717) is 11.3 Å². The minimum Gasteiger partial charge on any atom is -0.455 e. The van der Waals surface area contributed by atoms with Gasteiger partial charge in [-0.05, 0) is 43.2 Å². The van der Waals surface area contributed by atoms with Crippen LogP contribution in [0.5, 0.6) is 11.5 Å². The Hall–Kier alpha value is -2.48. The van der Waals surface area contributed by atoms with Gasteiger partial charge in [-0.2, -0.15) is 8.42 Å². The van der Waals surface area contributed by atoms with Crippen molar-refractivity contribution in [1.29, 1.82) is 0 Å². The Balaban J connectivity index is 1.82. The van der Waals surface area contributed by atoms with Crippen LogP contribution in [-0.2, 0) is 23.0 Å². The summed E-state index contributed by atoms with van der Waals surface area (Å²) in [7, 11) is -4.41. The van der Waals surface area contributed by atoms with Crippen LogP contribution >= 0.6 is 15.9 Å². The van der Waals surface area contributed by atoms with Crippen molar-refractivity contribution in [1.82, 2.24) is 4.58 Å². The molecular formula is C25H21BrNO4S+. The molecule has 6 rings (SSSR count). The molecule has 0 fully saturated rings. The van der Waals surface area contributed by atoms with Gasteiger partial charge in [0.15, 0.2) is 0 Å². The zero-order valence-corrected chi connectivity index (χ0v) is 19.7. The summed E-state index contributed by atoms with van der Waals surface area (Å²) in [4.78, 5) is -0.0929. The monoisotopic (exact) mass is 510 g/mol. The van der Waals surface area contributed by atoms with Crippen LogP contribution in [0.1, 0.15) is 35.1 Å². The number of rotatable bonds is 2. The zero-order valence-electron chi connectivity index (χ0n) is 17.3. The standard InChI is InChI=1S/C25H20BrNO4S/c26-16-9-10-17-21(14-16)31-25-19-7-4-12-27-11-3-5-15(24(19)27)13-20(25)23(17)18-6-1-2-8-22(18)32(28,29)30/h1-2,6,8-10,13-14H,3-5,7,11-12H2/p+1. The highest BCUT2D eigenvalue weighted by atomic mass is 79.9. The Morgan fingerprint density at radius 3 is 2.56 bits per heavy atom. The maximum absolute atomic E-state index is 12.3. The van der Waals surface area contributed by atoms with Gasteiger partial charge in [0.1, 0.15) is 29.5 Å². The normalized spacial score (nSPS) is 16.7. The minimum absolute atomic E-state index is 0.0929. The molecule has 0 saturated carbocycles. The number of halogens is 1. The molecule has 3 aromatic carbocycles. The average molecular weight is 511 g/mol. The molecule has 3 aliphatic heterocycles. The fraction of sp³-hybridized carbons (Fsp3) is 0.240. The van der Waals surface area contributed by atoms with E-state index in [1.165, 1.54) is 22.6 Å². The number of hydrogen-bond acceptors (Lipinski definition) is 3. The molecule has 0 radical (unpaired) electrons. The maximum atomic E-state index is 12.3. The molecular weight excluding hydrogens is 490 g/mol. The van der Waals surface area contributed by atoms with Crippen LogP contribution in [-0.4, -0.2) is 26.1 Å². The van der Waals surface area contributed by atoms with E-state index in [2.05, 4.69) is 26.6 Å². The van der Waals surface area contributed by atoms with Crippen LogP contribution in [0.3, 0.4) is 0 Å². The molecule has 0 saturated heterocycles. The van der Waals surface area contributed by atoms with Crippen molar-refractivity contribution in [3.8, 4) is 11.5 Å². The van der Waals surface area contributed by atoms with Gasteiger partial charge in [-0.25, -0.2) is 4.58 Å². The minimum atomic E-state index is -4.41. The van der Waals surface area contributed by atoms with Crippen LogP contribution in [0.2, 0.25) is 0 Å². The quantitative estimate of drug-likeness (QED) is 0.331. The van der Waals surface area contributed by atoms with Crippen LogP contribution in [0.15, 0.2) is 57.9 Å². The van der Waals surface area contributed by atoms with Gasteiger partial charge >= 0.3 is 0 Å². The molecule has 162 valence electrons. The first kappa shape index (κ1) is 20.1. The van der Waals surface area contributed by atoms with Crippen molar-refractivity contribution < 1.29 is 17.7 Å². The maximum Gasteiger partial charge on any atom is 0.295 e. The molecule has 0 bridgehead atoms. The predicted octanol–water partition coefficient (Wildman–Crippen LogP) is 3.43. The van der Waals surface area contributed by atoms with Crippen LogP contribution in [0.25, 0.3) is 5.57 Å². The van der Waals surface area contributed by atoms with Gasteiger partial charge in [0.05, 0.1) is 5.56 Å². The van der Waals surface area contributed by atoms with E-state index in [0.717, 1.165) is 65.4 Å². The van der Waals surface area contributed by atoms with E-state index in [-0.39, 0.29) is 4.90 Å². The van der Waals surface area contributed by atoms with Crippen molar-refractivity contribution in [2.45, 2.75) is 30.6 Å². The molecule has 0 aliphatic carbocycles. The lowest BCUT2D eigenvalue weighted by atomic mass is 9.87. The second kappa shape index (κ2) is 7.27. The second-order valence-corrected chi connectivity index (χ2v) is 10.8. The van der Waals surface area contributed by atoms with E-state index in [1.54, 1.807) is 18.2 Å². The molecule has 5 nitrogen and oxygen atoms in total. The van der Waals surface area contributed by atoms with Gasteiger partial charge in [-0.1, -0.05) is 34.1 Å². The largest absolute Gasteiger partial charge is 0.455 e. The molecule has 0 spiro atoms. The Morgan fingerprint density at radius 1 is 0.969 bits per heavy atom. The van der Waals surface area contributed by atoms with Crippen molar-refractivity contribution in [2.75, 3.05) is 13.1 Å². The summed E-state index contributed by atoms with van der Waals surface area (Å²) >= 11 is 3.54. The van der Waals surface area contributed by atoms with Crippen LogP contribution in [0, 0.1) is 0 Å². The number of benzene rings is 3. The van der Waals surface area contributed by atoms with Crippen molar-refractivity contribution in [3.63, 3.8) is 0 Å². The first-order valence-electron chi connectivity index (χ1n) is 10.8. The molecule has 7 heteroatoms. The average Bonchev–Trinajstić information content (AvgIpc) is 2.78. The number of aryl methyl sites for hydroxylation is 1. The van der Waals surface area contributed by atoms with Gasteiger partial charge in [-0.3, -0.25) is 4.55 Å². The fourth-order valence-electron chi connectivity index (χ4n) is 5.36. The summed E-state index contributed by atoms with van der Waals surface area (Å²) < 4.78 is 44.4. The van der Waals surface area contributed by atoms with E-state index >= 15 is 0 Å². The number of nitrogens with zero attached hydrogens (tertiary/aromatic N) is 1.